The highest BCUT2D eigenvalue weighted by Crippen LogP contribution is 2.25. The van der Waals surface area contributed by atoms with Crippen LogP contribution in [0.25, 0.3) is 0 Å². The van der Waals surface area contributed by atoms with E-state index in [1.54, 1.807) is 5.48 Å². The van der Waals surface area contributed by atoms with Gasteiger partial charge in [0.2, 0.25) is 0 Å². The zero-order valence-electron chi connectivity index (χ0n) is 15.3. The van der Waals surface area contributed by atoms with E-state index in [1.807, 2.05) is 48.5 Å². The Bertz CT molecular complexity index is 829. The average Bonchev–Trinajstić information content (AvgIpc) is 2.74. The number of unbranched alkanes of at least 4 members (excludes halogenated alkanes) is 1. The SMILES string of the molecule is O=C(NO)C(c1ccccc1)c1ccc(CCCCc2ccccc2)cc1. The van der Waals surface area contributed by atoms with E-state index < -0.39 is 11.8 Å². The van der Waals surface area contributed by atoms with Crippen molar-refractivity contribution in [2.75, 3.05) is 0 Å². The number of hydroxylamine groups is 1. The molecule has 3 aromatic rings. The van der Waals surface area contributed by atoms with Crippen LogP contribution in [0.4, 0.5) is 0 Å². The Balaban J connectivity index is 1.60. The molecule has 0 aromatic heterocycles. The Kier molecular flexibility index (Phi) is 6.78. The van der Waals surface area contributed by atoms with Crippen LogP contribution in [0.3, 0.4) is 0 Å². The van der Waals surface area contributed by atoms with Crippen molar-refractivity contribution in [1.82, 2.24) is 5.48 Å². The van der Waals surface area contributed by atoms with Crippen LogP contribution in [0, 0.1) is 0 Å². The van der Waals surface area contributed by atoms with E-state index in [0.717, 1.165) is 36.8 Å². The highest BCUT2D eigenvalue weighted by atomic mass is 16.5. The maximum absolute atomic E-state index is 12.2. The van der Waals surface area contributed by atoms with Crippen LogP contribution >= 0.6 is 0 Å². The van der Waals surface area contributed by atoms with Crippen LogP contribution in [0.5, 0.6) is 0 Å². The second kappa shape index (κ2) is 9.70. The Labute approximate surface area is 160 Å². The van der Waals surface area contributed by atoms with E-state index in [2.05, 4.69) is 36.4 Å². The van der Waals surface area contributed by atoms with Gasteiger partial charge in [0.15, 0.2) is 0 Å². The standard InChI is InChI=1S/C24H25NO2/c26-24(25-27)23(21-13-5-2-6-14-21)22-17-15-20(16-18-22)12-8-7-11-19-9-3-1-4-10-19/h1-6,9-10,13-18,23,27H,7-8,11-12H2,(H,25,26). The van der Waals surface area contributed by atoms with Gasteiger partial charge in [-0.15, -0.1) is 0 Å². The molecule has 0 saturated carbocycles. The number of rotatable bonds is 8. The lowest BCUT2D eigenvalue weighted by Crippen LogP contribution is -2.27. The molecule has 3 nitrogen and oxygen atoms in total. The number of aryl methyl sites for hydroxylation is 2. The third-order valence-electron chi connectivity index (χ3n) is 4.84. The smallest absolute Gasteiger partial charge is 0.255 e. The summed E-state index contributed by atoms with van der Waals surface area (Å²) in [4.78, 5) is 12.2. The van der Waals surface area contributed by atoms with Gasteiger partial charge in [-0.25, -0.2) is 5.48 Å². The third kappa shape index (κ3) is 5.28. The van der Waals surface area contributed by atoms with Gasteiger partial charge in [0.25, 0.3) is 5.91 Å². The van der Waals surface area contributed by atoms with Crippen molar-refractivity contribution in [2.24, 2.45) is 0 Å². The Hall–Kier alpha value is -2.91. The number of carbonyl (C=O) groups is 1. The average molecular weight is 359 g/mol. The summed E-state index contributed by atoms with van der Waals surface area (Å²) >= 11 is 0. The van der Waals surface area contributed by atoms with Crippen molar-refractivity contribution in [1.29, 1.82) is 0 Å². The van der Waals surface area contributed by atoms with Gasteiger partial charge >= 0.3 is 0 Å². The van der Waals surface area contributed by atoms with Gasteiger partial charge in [0.1, 0.15) is 0 Å². The molecule has 0 saturated heterocycles. The molecule has 0 aliphatic rings. The van der Waals surface area contributed by atoms with Gasteiger partial charge < -0.3 is 0 Å². The van der Waals surface area contributed by atoms with E-state index in [9.17, 15) is 4.79 Å². The van der Waals surface area contributed by atoms with E-state index in [1.165, 1.54) is 11.1 Å². The summed E-state index contributed by atoms with van der Waals surface area (Å²) in [7, 11) is 0. The first kappa shape index (κ1) is 18.9. The predicted octanol–water partition coefficient (Wildman–Crippen LogP) is 4.89. The molecule has 138 valence electrons. The maximum atomic E-state index is 12.2. The minimum atomic E-state index is -0.511. The number of carbonyl (C=O) groups excluding carboxylic acids is 1. The highest BCUT2D eigenvalue weighted by Gasteiger charge is 2.22. The minimum Gasteiger partial charge on any atom is -0.289 e. The molecule has 3 heteroatoms. The largest absolute Gasteiger partial charge is 0.289 e. The number of hydrogen-bond acceptors (Lipinski definition) is 2. The van der Waals surface area contributed by atoms with Crippen molar-refractivity contribution in [3.63, 3.8) is 0 Å². The number of hydrogen-bond donors (Lipinski definition) is 2. The molecule has 0 heterocycles. The first-order valence-electron chi connectivity index (χ1n) is 9.39. The van der Waals surface area contributed by atoms with E-state index >= 15 is 0 Å². The van der Waals surface area contributed by atoms with Crippen LogP contribution in [0.15, 0.2) is 84.9 Å². The summed E-state index contributed by atoms with van der Waals surface area (Å²) in [6.45, 7) is 0. The van der Waals surface area contributed by atoms with Crippen LogP contribution < -0.4 is 5.48 Å². The summed E-state index contributed by atoms with van der Waals surface area (Å²) < 4.78 is 0. The molecular weight excluding hydrogens is 334 g/mol. The molecule has 2 N–H and O–H groups in total. The van der Waals surface area contributed by atoms with E-state index in [0.29, 0.717) is 0 Å². The fourth-order valence-electron chi connectivity index (χ4n) is 3.38. The summed E-state index contributed by atoms with van der Waals surface area (Å²) in [6.07, 6.45) is 4.42. The predicted molar refractivity (Wildman–Crippen MR) is 108 cm³/mol. The molecule has 0 radical (unpaired) electrons. The zero-order chi connectivity index (χ0) is 18.9. The summed E-state index contributed by atoms with van der Waals surface area (Å²) in [5, 5.41) is 9.12. The molecule has 1 atom stereocenters. The molecule has 0 fully saturated rings. The maximum Gasteiger partial charge on any atom is 0.255 e. The monoisotopic (exact) mass is 359 g/mol. The van der Waals surface area contributed by atoms with Gasteiger partial charge in [-0.2, -0.15) is 0 Å². The quantitative estimate of drug-likeness (QED) is 0.342. The van der Waals surface area contributed by atoms with Gasteiger partial charge in [-0.3, -0.25) is 10.0 Å². The van der Waals surface area contributed by atoms with Crippen molar-refractivity contribution >= 4 is 5.91 Å². The molecule has 0 aliphatic carbocycles. The topological polar surface area (TPSA) is 49.3 Å². The van der Waals surface area contributed by atoms with Gasteiger partial charge in [0.05, 0.1) is 5.92 Å². The van der Waals surface area contributed by atoms with Gasteiger partial charge in [-0.1, -0.05) is 84.9 Å². The van der Waals surface area contributed by atoms with Crippen LogP contribution in [-0.2, 0) is 17.6 Å². The Morgan fingerprint density at radius 3 is 1.74 bits per heavy atom. The first-order chi connectivity index (χ1) is 13.3. The zero-order valence-corrected chi connectivity index (χ0v) is 15.3. The molecule has 0 aliphatic heterocycles. The molecule has 1 unspecified atom stereocenters. The second-order valence-electron chi connectivity index (χ2n) is 6.75. The number of benzene rings is 3. The van der Waals surface area contributed by atoms with Gasteiger partial charge in [-0.05, 0) is 47.9 Å². The van der Waals surface area contributed by atoms with Crippen molar-refractivity contribution in [2.45, 2.75) is 31.6 Å². The molecule has 3 rings (SSSR count). The third-order valence-corrected chi connectivity index (χ3v) is 4.84. The van der Waals surface area contributed by atoms with Crippen molar-refractivity contribution in [3.8, 4) is 0 Å². The van der Waals surface area contributed by atoms with Crippen LogP contribution in [0.2, 0.25) is 0 Å². The van der Waals surface area contributed by atoms with Crippen molar-refractivity contribution < 1.29 is 10.0 Å². The van der Waals surface area contributed by atoms with E-state index in [-0.39, 0.29) is 0 Å². The molecule has 27 heavy (non-hydrogen) atoms. The van der Waals surface area contributed by atoms with Crippen molar-refractivity contribution in [3.05, 3.63) is 107 Å². The normalized spacial score (nSPS) is 11.7. The molecule has 1 amide bonds. The lowest BCUT2D eigenvalue weighted by atomic mass is 9.90. The van der Waals surface area contributed by atoms with Crippen LogP contribution in [0.1, 0.15) is 41.0 Å². The summed E-state index contributed by atoms with van der Waals surface area (Å²) in [6, 6.07) is 28.2. The molecule has 0 bridgehead atoms. The summed E-state index contributed by atoms with van der Waals surface area (Å²) in [5.74, 6) is -0.930. The second-order valence-corrected chi connectivity index (χ2v) is 6.75. The Morgan fingerprint density at radius 1 is 0.704 bits per heavy atom. The fraction of sp³-hybridized carbons (Fsp3) is 0.208. The highest BCUT2D eigenvalue weighted by molar-refractivity contribution is 5.86. The fourth-order valence-corrected chi connectivity index (χ4v) is 3.38. The summed E-state index contributed by atoms with van der Waals surface area (Å²) in [5.41, 5.74) is 6.18. The molecule has 3 aromatic carbocycles. The Morgan fingerprint density at radius 2 is 1.19 bits per heavy atom. The first-order valence-corrected chi connectivity index (χ1v) is 9.39. The van der Waals surface area contributed by atoms with E-state index in [4.69, 9.17) is 5.21 Å². The van der Waals surface area contributed by atoms with Crippen LogP contribution in [-0.4, -0.2) is 11.1 Å². The minimum absolute atomic E-state index is 0.420. The molecule has 0 spiro atoms. The lowest BCUT2D eigenvalue weighted by Gasteiger charge is -2.16. The molecular formula is C24H25NO2. The van der Waals surface area contributed by atoms with Gasteiger partial charge in [0, 0.05) is 0 Å². The lowest BCUT2D eigenvalue weighted by molar-refractivity contribution is -0.129. The number of amides is 1. The number of nitrogens with one attached hydrogen (secondary N) is 1.